The lowest BCUT2D eigenvalue weighted by Crippen LogP contribution is -2.17. The zero-order valence-electron chi connectivity index (χ0n) is 39.8. The minimum atomic E-state index is -0.250. The van der Waals surface area contributed by atoms with E-state index in [4.69, 9.17) is 0 Å². The quantitative estimate of drug-likeness (QED) is 0.122. The van der Waals surface area contributed by atoms with E-state index in [0.717, 1.165) is 0 Å². The van der Waals surface area contributed by atoms with Gasteiger partial charge in [0.05, 0.1) is 0 Å². The van der Waals surface area contributed by atoms with Crippen LogP contribution in [0.15, 0.2) is 218 Å². The van der Waals surface area contributed by atoms with Crippen LogP contribution in [0.4, 0.5) is 0 Å². The molecule has 0 N–H and O–H groups in total. The summed E-state index contributed by atoms with van der Waals surface area (Å²) in [5.41, 5.74) is 18.3. The largest absolute Gasteiger partial charge is 0.0616 e. The topological polar surface area (TPSA) is 0 Å². The molecule has 0 radical (unpaired) electrons. The van der Waals surface area contributed by atoms with Gasteiger partial charge in [0.1, 0.15) is 0 Å². The van der Waals surface area contributed by atoms with Crippen molar-refractivity contribution in [1.82, 2.24) is 0 Å². The van der Waals surface area contributed by atoms with E-state index < -0.39 is 0 Å². The monoisotopic (exact) mass is 888 g/mol. The van der Waals surface area contributed by atoms with E-state index in [2.05, 4.69) is 246 Å². The van der Waals surface area contributed by atoms with Crippen LogP contribution >= 0.6 is 0 Å². The third kappa shape index (κ3) is 5.31. The van der Waals surface area contributed by atoms with Gasteiger partial charge in [-0.3, -0.25) is 0 Å². The van der Waals surface area contributed by atoms with E-state index in [1.165, 1.54) is 153 Å². The Bertz CT molecular complexity index is 4400. The fourth-order valence-electron chi connectivity index (χ4n) is 13.4. The minimum absolute atomic E-state index is 0.183. The van der Waals surface area contributed by atoms with Crippen LogP contribution in [0.3, 0.4) is 0 Å². The predicted molar refractivity (Wildman–Crippen MR) is 300 cm³/mol. The highest BCUT2D eigenvalue weighted by molar-refractivity contribution is 6.27. The highest BCUT2D eigenvalue weighted by Gasteiger charge is 2.43. The van der Waals surface area contributed by atoms with Crippen molar-refractivity contribution < 1.29 is 0 Å². The summed E-state index contributed by atoms with van der Waals surface area (Å²) in [7, 11) is 0. The Labute approximate surface area is 408 Å². The van der Waals surface area contributed by atoms with Crippen LogP contribution in [0, 0.1) is 0 Å². The SMILES string of the molecule is CC1(C)c2cc3c(cc2-c2cc4c5ccccc5c5ccccc5c4cc21)C(C)(C)c1cc(-c2c4ccccc4c(-c4cccc(-c5ccc6ccccc6c5)c4)c4ccccc24)c2ccccc2c1-3. The summed E-state index contributed by atoms with van der Waals surface area (Å²) in [6.07, 6.45) is 0. The first-order valence-corrected chi connectivity index (χ1v) is 24.9. The second kappa shape index (κ2) is 14.1. The van der Waals surface area contributed by atoms with Crippen molar-refractivity contribution in [2.24, 2.45) is 0 Å². The molecular weight excluding hydrogens is 841 g/mol. The summed E-state index contributed by atoms with van der Waals surface area (Å²) in [6.45, 7) is 9.82. The molecule has 0 aliphatic heterocycles. The summed E-state index contributed by atoms with van der Waals surface area (Å²) in [6, 6.07) is 82.9. The van der Waals surface area contributed by atoms with Gasteiger partial charge in [0, 0.05) is 10.8 Å². The summed E-state index contributed by atoms with van der Waals surface area (Å²) < 4.78 is 0. The van der Waals surface area contributed by atoms with Crippen LogP contribution < -0.4 is 0 Å². The number of hydrogen-bond acceptors (Lipinski definition) is 0. The van der Waals surface area contributed by atoms with E-state index in [0.29, 0.717) is 0 Å². The minimum Gasteiger partial charge on any atom is -0.0616 e. The van der Waals surface area contributed by atoms with Crippen molar-refractivity contribution in [3.05, 3.63) is 241 Å². The number of fused-ring (bicyclic) bond motifs is 17. The average Bonchev–Trinajstić information content (AvgIpc) is 3.76. The summed E-state index contributed by atoms with van der Waals surface area (Å²) in [5.74, 6) is 0. The molecule has 15 rings (SSSR count). The normalized spacial score (nSPS) is 14.2. The molecule has 13 aromatic carbocycles. The Morgan fingerprint density at radius 2 is 0.629 bits per heavy atom. The number of benzene rings is 13. The lowest BCUT2D eigenvalue weighted by Gasteiger charge is -2.25. The number of rotatable bonds is 3. The first-order valence-electron chi connectivity index (χ1n) is 24.9. The molecule has 2 aliphatic rings. The molecule has 0 unspecified atom stereocenters. The van der Waals surface area contributed by atoms with Crippen LogP contribution in [-0.4, -0.2) is 0 Å². The molecule has 328 valence electrons. The molecule has 0 fully saturated rings. The first-order chi connectivity index (χ1) is 34.2. The van der Waals surface area contributed by atoms with Crippen LogP contribution in [0.1, 0.15) is 49.9 Å². The van der Waals surface area contributed by atoms with E-state index in [1.54, 1.807) is 0 Å². The van der Waals surface area contributed by atoms with Crippen molar-refractivity contribution in [3.63, 3.8) is 0 Å². The van der Waals surface area contributed by atoms with E-state index in [-0.39, 0.29) is 10.8 Å². The van der Waals surface area contributed by atoms with Crippen LogP contribution in [0.5, 0.6) is 0 Å². The Morgan fingerprint density at radius 1 is 0.214 bits per heavy atom. The molecule has 0 saturated carbocycles. The summed E-state index contributed by atoms with van der Waals surface area (Å²) >= 11 is 0. The molecule has 0 spiro atoms. The van der Waals surface area contributed by atoms with Crippen molar-refractivity contribution in [1.29, 1.82) is 0 Å². The average molecular weight is 889 g/mol. The molecule has 2 aliphatic carbocycles. The van der Waals surface area contributed by atoms with E-state index in [1.807, 2.05) is 0 Å². The van der Waals surface area contributed by atoms with Crippen molar-refractivity contribution in [2.75, 3.05) is 0 Å². The number of hydrogen-bond donors (Lipinski definition) is 0. The summed E-state index contributed by atoms with van der Waals surface area (Å²) in [4.78, 5) is 0. The molecule has 0 heterocycles. The van der Waals surface area contributed by atoms with Crippen molar-refractivity contribution in [2.45, 2.75) is 38.5 Å². The Kier molecular flexibility index (Phi) is 8.00. The van der Waals surface area contributed by atoms with Gasteiger partial charge in [-0.1, -0.05) is 204 Å². The van der Waals surface area contributed by atoms with E-state index in [9.17, 15) is 0 Å². The molecule has 0 amide bonds. The third-order valence-electron chi connectivity index (χ3n) is 16.8. The second-order valence-electron chi connectivity index (χ2n) is 21.1. The van der Waals surface area contributed by atoms with Gasteiger partial charge < -0.3 is 0 Å². The Hall–Kier alpha value is -8.32. The molecule has 13 aromatic rings. The third-order valence-corrected chi connectivity index (χ3v) is 16.8. The lowest BCUT2D eigenvalue weighted by atomic mass is 9.78. The first kappa shape index (κ1) is 39.7. The van der Waals surface area contributed by atoms with Gasteiger partial charge in [0.2, 0.25) is 0 Å². The molecule has 0 saturated heterocycles. The van der Waals surface area contributed by atoms with E-state index >= 15 is 0 Å². The van der Waals surface area contributed by atoms with Crippen molar-refractivity contribution >= 4 is 75.4 Å². The van der Waals surface area contributed by atoms with Gasteiger partial charge in [-0.2, -0.15) is 0 Å². The molecule has 0 heteroatoms. The van der Waals surface area contributed by atoms with Gasteiger partial charge in [-0.25, -0.2) is 0 Å². The van der Waals surface area contributed by atoms with Crippen molar-refractivity contribution in [3.8, 4) is 55.6 Å². The molecule has 0 aromatic heterocycles. The molecular formula is C70H48. The Morgan fingerprint density at radius 3 is 1.27 bits per heavy atom. The maximum atomic E-state index is 2.59. The molecule has 0 nitrogen and oxygen atoms in total. The Balaban J connectivity index is 0.940. The van der Waals surface area contributed by atoms with Gasteiger partial charge in [0.25, 0.3) is 0 Å². The standard InChI is InChI=1S/C70H48/c1-69(2)62-37-57-49-25-10-8-23-47(49)46-22-7-9-24-48(46)56(57)36-58(62)59-38-64-61(40-63(59)69)68-51-27-12-11-26-50(51)60(39-65(68)70(64,3)4)67-54-30-15-13-28-52(54)66(53-29-14-16-31-55(53)67)45-21-17-20-43(35-45)44-33-32-41-18-5-6-19-42(41)34-44/h5-40H,1-4H3. The molecule has 0 atom stereocenters. The van der Waals surface area contributed by atoms with Gasteiger partial charge in [-0.15, -0.1) is 0 Å². The predicted octanol–water partition coefficient (Wildman–Crippen LogP) is 19.4. The van der Waals surface area contributed by atoms with Gasteiger partial charge in [0.15, 0.2) is 0 Å². The second-order valence-corrected chi connectivity index (χ2v) is 21.1. The zero-order valence-corrected chi connectivity index (χ0v) is 39.8. The maximum absolute atomic E-state index is 2.59. The fraction of sp³-hybridized carbons (Fsp3) is 0.0857. The molecule has 70 heavy (non-hydrogen) atoms. The lowest BCUT2D eigenvalue weighted by molar-refractivity contribution is 0.652. The highest BCUT2D eigenvalue weighted by atomic mass is 14.5. The van der Waals surface area contributed by atoms with Crippen LogP contribution in [0.25, 0.3) is 131 Å². The van der Waals surface area contributed by atoms with Gasteiger partial charge in [-0.05, 0) is 196 Å². The fourth-order valence-corrected chi connectivity index (χ4v) is 13.4. The summed E-state index contributed by atoms with van der Waals surface area (Å²) in [5, 5.41) is 18.2. The molecule has 0 bridgehead atoms. The van der Waals surface area contributed by atoms with Crippen LogP contribution in [0.2, 0.25) is 0 Å². The zero-order chi connectivity index (χ0) is 46.6. The smallest absolute Gasteiger partial charge is 0.0159 e. The van der Waals surface area contributed by atoms with Crippen LogP contribution in [-0.2, 0) is 10.8 Å². The van der Waals surface area contributed by atoms with Gasteiger partial charge >= 0.3 is 0 Å². The maximum Gasteiger partial charge on any atom is 0.0159 e. The highest BCUT2D eigenvalue weighted by Crippen LogP contribution is 2.60.